The SMILES string of the molecule is CC(C)[C@H]1CC[C@H](n2cc3cc(NC(=O)c4cccc(C(C)(C)F)n4)c(C(F)F)cc3n2)CC1. The Morgan fingerprint density at radius 1 is 1.15 bits per heavy atom. The summed E-state index contributed by atoms with van der Waals surface area (Å²) in [6.45, 7) is 7.18. The molecule has 1 aromatic carbocycles. The maximum Gasteiger partial charge on any atom is 0.274 e. The average Bonchev–Trinajstić information content (AvgIpc) is 3.21. The van der Waals surface area contributed by atoms with Gasteiger partial charge in [-0.15, -0.1) is 0 Å². The van der Waals surface area contributed by atoms with Gasteiger partial charge < -0.3 is 5.32 Å². The fraction of sp³-hybridized carbons (Fsp3) is 0.500. The van der Waals surface area contributed by atoms with Crippen LogP contribution in [-0.2, 0) is 5.67 Å². The minimum atomic E-state index is -2.80. The zero-order valence-electron chi connectivity index (χ0n) is 20.0. The molecule has 1 aliphatic rings. The van der Waals surface area contributed by atoms with E-state index in [4.69, 9.17) is 0 Å². The number of nitrogens with one attached hydrogen (secondary N) is 1. The number of amides is 1. The van der Waals surface area contributed by atoms with Crippen LogP contribution in [0.5, 0.6) is 0 Å². The second kappa shape index (κ2) is 9.39. The van der Waals surface area contributed by atoms with Crippen LogP contribution in [0.25, 0.3) is 10.9 Å². The Morgan fingerprint density at radius 3 is 2.47 bits per heavy atom. The minimum absolute atomic E-state index is 0.00211. The van der Waals surface area contributed by atoms with Gasteiger partial charge in [-0.2, -0.15) is 5.10 Å². The molecular weight excluding hydrogens is 441 g/mol. The van der Waals surface area contributed by atoms with Crippen molar-refractivity contribution in [1.82, 2.24) is 14.8 Å². The summed E-state index contributed by atoms with van der Waals surface area (Å²) < 4.78 is 43.9. The number of hydrogen-bond donors (Lipinski definition) is 1. The van der Waals surface area contributed by atoms with Crippen molar-refractivity contribution in [1.29, 1.82) is 0 Å². The normalized spacial score (nSPS) is 19.2. The van der Waals surface area contributed by atoms with Crippen molar-refractivity contribution in [3.63, 3.8) is 0 Å². The summed E-state index contributed by atoms with van der Waals surface area (Å²) in [5.41, 5.74) is -1.51. The highest BCUT2D eigenvalue weighted by atomic mass is 19.3. The topological polar surface area (TPSA) is 59.8 Å². The fourth-order valence-corrected chi connectivity index (χ4v) is 4.69. The van der Waals surface area contributed by atoms with Crippen molar-refractivity contribution in [2.24, 2.45) is 11.8 Å². The third-order valence-corrected chi connectivity index (χ3v) is 6.83. The Kier molecular flexibility index (Phi) is 6.69. The fourth-order valence-electron chi connectivity index (χ4n) is 4.69. The van der Waals surface area contributed by atoms with Crippen LogP contribution in [0.15, 0.2) is 36.5 Å². The molecule has 0 atom stereocenters. The van der Waals surface area contributed by atoms with Crippen molar-refractivity contribution in [2.75, 3.05) is 5.32 Å². The molecule has 5 nitrogen and oxygen atoms in total. The Morgan fingerprint density at radius 2 is 1.85 bits per heavy atom. The number of pyridine rings is 1. The van der Waals surface area contributed by atoms with Crippen LogP contribution in [-0.4, -0.2) is 20.7 Å². The van der Waals surface area contributed by atoms with E-state index < -0.39 is 18.0 Å². The van der Waals surface area contributed by atoms with Gasteiger partial charge >= 0.3 is 0 Å². The van der Waals surface area contributed by atoms with E-state index in [9.17, 15) is 18.0 Å². The molecule has 0 bridgehead atoms. The molecule has 4 rings (SSSR count). The van der Waals surface area contributed by atoms with Crippen LogP contribution >= 0.6 is 0 Å². The highest BCUT2D eigenvalue weighted by Gasteiger charge is 2.26. The van der Waals surface area contributed by atoms with Gasteiger partial charge in [-0.05, 0) is 75.6 Å². The van der Waals surface area contributed by atoms with Crippen LogP contribution in [0.3, 0.4) is 0 Å². The molecule has 0 unspecified atom stereocenters. The summed E-state index contributed by atoms with van der Waals surface area (Å²) >= 11 is 0. The molecule has 8 heteroatoms. The standard InChI is InChI=1S/C26H31F3N4O/c1-15(2)16-8-10-18(11-9-16)33-14-17-12-22(19(24(27)28)13-21(17)32-33)31-25(34)20-6-5-7-23(30-20)26(3,4)29/h5-7,12-16,18,24H,8-11H2,1-4H3,(H,31,34)/t16-,18-. The molecule has 1 fully saturated rings. The van der Waals surface area contributed by atoms with Crippen molar-refractivity contribution in [3.05, 3.63) is 53.5 Å². The number of alkyl halides is 3. The lowest BCUT2D eigenvalue weighted by molar-refractivity contribution is 0.102. The second-order valence-electron chi connectivity index (χ2n) is 10.1. The summed E-state index contributed by atoms with van der Waals surface area (Å²) in [6, 6.07) is 7.54. The van der Waals surface area contributed by atoms with Gasteiger partial charge in [0.2, 0.25) is 0 Å². The predicted molar refractivity (Wildman–Crippen MR) is 127 cm³/mol. The lowest BCUT2D eigenvalue weighted by Crippen LogP contribution is -2.21. The summed E-state index contributed by atoms with van der Waals surface area (Å²) in [6.07, 6.45) is 3.35. The largest absolute Gasteiger partial charge is 0.320 e. The third-order valence-electron chi connectivity index (χ3n) is 6.83. The zero-order valence-corrected chi connectivity index (χ0v) is 20.0. The highest BCUT2D eigenvalue weighted by molar-refractivity contribution is 6.04. The number of rotatable bonds is 6. The molecule has 2 heterocycles. The van der Waals surface area contributed by atoms with Gasteiger partial charge in [0.05, 0.1) is 22.9 Å². The first-order chi connectivity index (χ1) is 16.0. The van der Waals surface area contributed by atoms with E-state index in [1.165, 1.54) is 44.2 Å². The smallest absolute Gasteiger partial charge is 0.274 e. The van der Waals surface area contributed by atoms with Crippen LogP contribution in [0.1, 0.15) is 87.6 Å². The number of halogens is 3. The number of benzene rings is 1. The number of carbonyl (C=O) groups excluding carboxylic acids is 1. The van der Waals surface area contributed by atoms with Crippen molar-refractivity contribution in [2.45, 2.75) is 71.5 Å². The van der Waals surface area contributed by atoms with Crippen LogP contribution in [0, 0.1) is 11.8 Å². The van der Waals surface area contributed by atoms with E-state index in [-0.39, 0.29) is 28.7 Å². The molecule has 1 aliphatic carbocycles. The quantitative estimate of drug-likeness (QED) is 0.412. The predicted octanol–water partition coefficient (Wildman–Crippen LogP) is 7.21. The first-order valence-corrected chi connectivity index (χ1v) is 11.8. The number of fused-ring (bicyclic) bond motifs is 1. The van der Waals surface area contributed by atoms with Crippen LogP contribution in [0.2, 0.25) is 0 Å². The Labute approximate surface area is 197 Å². The molecule has 0 radical (unpaired) electrons. The van der Waals surface area contributed by atoms with Gasteiger partial charge in [-0.3, -0.25) is 9.48 Å². The van der Waals surface area contributed by atoms with Crippen LogP contribution < -0.4 is 5.32 Å². The summed E-state index contributed by atoms with van der Waals surface area (Å²) in [4.78, 5) is 16.9. The summed E-state index contributed by atoms with van der Waals surface area (Å²) in [5, 5.41) is 7.81. The van der Waals surface area contributed by atoms with Gasteiger partial charge in [0.15, 0.2) is 0 Å². The molecule has 34 heavy (non-hydrogen) atoms. The molecule has 2 aromatic heterocycles. The Balaban J connectivity index is 1.60. The molecule has 0 aliphatic heterocycles. The average molecular weight is 473 g/mol. The molecule has 182 valence electrons. The minimum Gasteiger partial charge on any atom is -0.320 e. The van der Waals surface area contributed by atoms with Crippen molar-refractivity contribution < 1.29 is 18.0 Å². The lowest BCUT2D eigenvalue weighted by Gasteiger charge is -2.30. The van der Waals surface area contributed by atoms with Gasteiger partial charge in [0, 0.05) is 17.1 Å². The van der Waals surface area contributed by atoms with E-state index in [0.717, 1.165) is 25.7 Å². The first-order valence-electron chi connectivity index (χ1n) is 11.8. The number of aromatic nitrogens is 3. The second-order valence-corrected chi connectivity index (χ2v) is 10.1. The van der Waals surface area contributed by atoms with Crippen LogP contribution in [0.4, 0.5) is 18.9 Å². The highest BCUT2D eigenvalue weighted by Crippen LogP contribution is 2.37. The Bertz CT molecular complexity index is 1170. The number of carbonyl (C=O) groups is 1. The van der Waals surface area contributed by atoms with Gasteiger partial charge in [-0.25, -0.2) is 18.2 Å². The number of nitrogens with zero attached hydrogens (tertiary/aromatic N) is 3. The maximum absolute atomic E-state index is 14.2. The van der Waals surface area contributed by atoms with Gasteiger partial charge in [0.25, 0.3) is 12.3 Å². The van der Waals surface area contributed by atoms with Crippen molar-refractivity contribution in [3.8, 4) is 0 Å². The monoisotopic (exact) mass is 472 g/mol. The summed E-state index contributed by atoms with van der Waals surface area (Å²) in [5.74, 6) is 0.693. The first kappa shape index (κ1) is 24.2. The molecule has 3 aromatic rings. The molecule has 0 spiro atoms. The Hall–Kier alpha value is -2.90. The zero-order chi connectivity index (χ0) is 24.6. The maximum atomic E-state index is 14.2. The van der Waals surface area contributed by atoms with E-state index in [2.05, 4.69) is 29.2 Å². The van der Waals surface area contributed by atoms with Gasteiger partial charge in [0.1, 0.15) is 11.4 Å². The van der Waals surface area contributed by atoms with Gasteiger partial charge in [-0.1, -0.05) is 19.9 Å². The van der Waals surface area contributed by atoms with E-state index in [1.807, 2.05) is 10.9 Å². The van der Waals surface area contributed by atoms with E-state index >= 15 is 0 Å². The number of anilines is 1. The number of hydrogen-bond acceptors (Lipinski definition) is 3. The van der Waals surface area contributed by atoms with E-state index in [1.54, 1.807) is 0 Å². The van der Waals surface area contributed by atoms with E-state index in [0.29, 0.717) is 22.7 Å². The molecule has 0 saturated heterocycles. The third kappa shape index (κ3) is 5.10. The molecule has 1 amide bonds. The molecule has 1 saturated carbocycles. The lowest BCUT2D eigenvalue weighted by atomic mass is 9.80. The molecular formula is C26H31F3N4O. The molecule has 1 N–H and O–H groups in total. The van der Waals surface area contributed by atoms with Crippen molar-refractivity contribution >= 4 is 22.5 Å². The summed E-state index contributed by atoms with van der Waals surface area (Å²) in [7, 11) is 0.